The van der Waals surface area contributed by atoms with Crippen molar-refractivity contribution < 1.29 is 9.53 Å². The van der Waals surface area contributed by atoms with Crippen LogP contribution in [-0.4, -0.2) is 30.1 Å². The Kier molecular flexibility index (Phi) is 6.83. The average Bonchev–Trinajstić information content (AvgIpc) is 2.43. The van der Waals surface area contributed by atoms with Gasteiger partial charge in [-0.2, -0.15) is 17.0 Å². The molecule has 1 aromatic carbocycles. The van der Waals surface area contributed by atoms with Crippen LogP contribution in [0, 0.1) is 11.3 Å². The fourth-order valence-corrected chi connectivity index (χ4v) is 2.10. The van der Waals surface area contributed by atoms with E-state index < -0.39 is 0 Å². The van der Waals surface area contributed by atoms with Gasteiger partial charge in [0, 0.05) is 11.8 Å². The van der Waals surface area contributed by atoms with Gasteiger partial charge in [-0.15, -0.1) is 0 Å². The first-order valence-corrected chi connectivity index (χ1v) is 7.31. The van der Waals surface area contributed by atoms with E-state index in [1.54, 1.807) is 36.0 Å². The molecular weight excluding hydrogens is 260 g/mol. The van der Waals surface area contributed by atoms with Gasteiger partial charge in [0.1, 0.15) is 5.75 Å². The number of nitrogens with zero attached hydrogens (tertiary/aromatic N) is 1. The van der Waals surface area contributed by atoms with Crippen molar-refractivity contribution in [3.63, 3.8) is 0 Å². The van der Waals surface area contributed by atoms with Crippen molar-refractivity contribution in [1.82, 2.24) is 5.32 Å². The molecule has 1 atom stereocenters. The highest BCUT2D eigenvalue weighted by Crippen LogP contribution is 2.11. The lowest BCUT2D eigenvalue weighted by Gasteiger charge is -2.13. The van der Waals surface area contributed by atoms with Crippen molar-refractivity contribution in [2.75, 3.05) is 18.1 Å². The first-order valence-electron chi connectivity index (χ1n) is 6.15. The molecule has 0 aliphatic heterocycles. The van der Waals surface area contributed by atoms with Gasteiger partial charge in [0.05, 0.1) is 11.6 Å². The molecule has 1 aromatic rings. The van der Waals surface area contributed by atoms with Crippen LogP contribution in [0.3, 0.4) is 0 Å². The third-order valence-electron chi connectivity index (χ3n) is 2.33. The van der Waals surface area contributed by atoms with Crippen molar-refractivity contribution in [1.29, 1.82) is 5.26 Å². The Morgan fingerprint density at radius 1 is 1.47 bits per heavy atom. The number of thioether (sulfide) groups is 1. The van der Waals surface area contributed by atoms with Crippen LogP contribution >= 0.6 is 11.8 Å². The number of hydrogen-bond acceptors (Lipinski definition) is 4. The van der Waals surface area contributed by atoms with E-state index in [2.05, 4.69) is 12.2 Å². The lowest BCUT2D eigenvalue weighted by Crippen LogP contribution is -2.37. The fourth-order valence-electron chi connectivity index (χ4n) is 1.43. The summed E-state index contributed by atoms with van der Waals surface area (Å²) in [5.41, 5.74) is 0.571. The Bertz CT molecular complexity index is 440. The molecule has 1 unspecified atom stereocenters. The minimum atomic E-state index is -0.131. The number of benzene rings is 1. The summed E-state index contributed by atoms with van der Waals surface area (Å²) >= 11 is 1.79. The summed E-state index contributed by atoms with van der Waals surface area (Å²) in [6.45, 7) is 4.06. The maximum Gasteiger partial charge on any atom is 0.258 e. The fraction of sp³-hybridized carbons (Fsp3) is 0.429. The molecule has 5 heteroatoms. The maximum absolute atomic E-state index is 11.6. The molecule has 102 valence electrons. The number of carbonyl (C=O) groups excluding carboxylic acids is 1. The molecule has 0 bridgehead atoms. The SMILES string of the molecule is CCSCC(C)NC(=O)COc1ccc(C#N)cc1. The van der Waals surface area contributed by atoms with E-state index in [1.165, 1.54) is 0 Å². The summed E-state index contributed by atoms with van der Waals surface area (Å²) in [4.78, 5) is 11.6. The molecule has 0 spiro atoms. The molecule has 0 saturated heterocycles. The first kappa shape index (κ1) is 15.4. The number of ether oxygens (including phenoxy) is 1. The lowest BCUT2D eigenvalue weighted by atomic mass is 10.2. The maximum atomic E-state index is 11.6. The van der Waals surface area contributed by atoms with Crippen molar-refractivity contribution in [3.8, 4) is 11.8 Å². The van der Waals surface area contributed by atoms with E-state index in [4.69, 9.17) is 10.00 Å². The summed E-state index contributed by atoms with van der Waals surface area (Å²) in [6.07, 6.45) is 0. The Labute approximate surface area is 118 Å². The number of nitrogens with one attached hydrogen (secondary N) is 1. The van der Waals surface area contributed by atoms with Crippen LogP contribution in [0.1, 0.15) is 19.4 Å². The van der Waals surface area contributed by atoms with E-state index in [-0.39, 0.29) is 18.6 Å². The lowest BCUT2D eigenvalue weighted by molar-refractivity contribution is -0.123. The van der Waals surface area contributed by atoms with Crippen LogP contribution in [0.25, 0.3) is 0 Å². The van der Waals surface area contributed by atoms with E-state index in [0.29, 0.717) is 11.3 Å². The van der Waals surface area contributed by atoms with Crippen LogP contribution < -0.4 is 10.1 Å². The highest BCUT2D eigenvalue weighted by Gasteiger charge is 2.07. The van der Waals surface area contributed by atoms with E-state index in [0.717, 1.165) is 11.5 Å². The van der Waals surface area contributed by atoms with Gasteiger partial charge in [-0.05, 0) is 36.9 Å². The Morgan fingerprint density at radius 3 is 2.74 bits per heavy atom. The number of rotatable bonds is 7. The normalized spacial score (nSPS) is 11.4. The highest BCUT2D eigenvalue weighted by molar-refractivity contribution is 7.99. The summed E-state index contributed by atoms with van der Waals surface area (Å²) in [6, 6.07) is 8.85. The van der Waals surface area contributed by atoms with Crippen LogP contribution in [0.5, 0.6) is 5.75 Å². The van der Waals surface area contributed by atoms with Crippen LogP contribution in [-0.2, 0) is 4.79 Å². The van der Waals surface area contributed by atoms with E-state index in [9.17, 15) is 4.79 Å². The van der Waals surface area contributed by atoms with Crippen LogP contribution in [0.2, 0.25) is 0 Å². The summed E-state index contributed by atoms with van der Waals surface area (Å²) in [5, 5.41) is 11.5. The zero-order valence-corrected chi connectivity index (χ0v) is 12.0. The Balaban J connectivity index is 2.31. The number of amides is 1. The zero-order chi connectivity index (χ0) is 14.1. The molecule has 0 aliphatic carbocycles. The van der Waals surface area contributed by atoms with Crippen molar-refractivity contribution in [3.05, 3.63) is 29.8 Å². The Morgan fingerprint density at radius 2 is 2.16 bits per heavy atom. The molecule has 1 amide bonds. The van der Waals surface area contributed by atoms with Gasteiger partial charge < -0.3 is 10.1 Å². The van der Waals surface area contributed by atoms with Gasteiger partial charge >= 0.3 is 0 Å². The topological polar surface area (TPSA) is 62.1 Å². The third-order valence-corrected chi connectivity index (χ3v) is 3.48. The second kappa shape index (κ2) is 8.44. The standard InChI is InChI=1S/C14H18N2O2S/c1-3-19-10-11(2)16-14(17)9-18-13-6-4-12(8-15)5-7-13/h4-7,11H,3,9-10H2,1-2H3,(H,16,17). The van der Waals surface area contributed by atoms with Crippen LogP contribution in [0.4, 0.5) is 0 Å². The molecule has 4 nitrogen and oxygen atoms in total. The summed E-state index contributed by atoms with van der Waals surface area (Å²) in [5.74, 6) is 2.40. The average molecular weight is 278 g/mol. The molecular formula is C14H18N2O2S. The second-order valence-corrected chi connectivity index (χ2v) is 5.37. The predicted octanol–water partition coefficient (Wildman–Crippen LogP) is 2.19. The van der Waals surface area contributed by atoms with Gasteiger partial charge in [-0.1, -0.05) is 6.92 Å². The summed E-state index contributed by atoms with van der Waals surface area (Å²) < 4.78 is 5.34. The minimum Gasteiger partial charge on any atom is -0.484 e. The molecule has 1 N–H and O–H groups in total. The largest absolute Gasteiger partial charge is 0.484 e. The van der Waals surface area contributed by atoms with Gasteiger partial charge in [-0.3, -0.25) is 4.79 Å². The zero-order valence-electron chi connectivity index (χ0n) is 11.2. The summed E-state index contributed by atoms with van der Waals surface area (Å²) in [7, 11) is 0. The van der Waals surface area contributed by atoms with Crippen molar-refractivity contribution in [2.24, 2.45) is 0 Å². The molecule has 19 heavy (non-hydrogen) atoms. The van der Waals surface area contributed by atoms with Crippen molar-refractivity contribution >= 4 is 17.7 Å². The smallest absolute Gasteiger partial charge is 0.258 e. The molecule has 1 rings (SSSR count). The second-order valence-electron chi connectivity index (χ2n) is 4.05. The Hall–Kier alpha value is -1.67. The minimum absolute atomic E-state index is 0.00691. The van der Waals surface area contributed by atoms with Crippen molar-refractivity contribution in [2.45, 2.75) is 19.9 Å². The molecule has 0 aliphatic rings. The third kappa shape index (κ3) is 6.16. The van der Waals surface area contributed by atoms with Crippen LogP contribution in [0.15, 0.2) is 24.3 Å². The molecule has 0 heterocycles. The molecule has 0 radical (unpaired) electrons. The van der Waals surface area contributed by atoms with E-state index >= 15 is 0 Å². The number of nitriles is 1. The highest BCUT2D eigenvalue weighted by atomic mass is 32.2. The van der Waals surface area contributed by atoms with Gasteiger partial charge in [0.2, 0.25) is 0 Å². The predicted molar refractivity (Wildman–Crippen MR) is 77.3 cm³/mol. The van der Waals surface area contributed by atoms with Gasteiger partial charge in [0.25, 0.3) is 5.91 Å². The first-order chi connectivity index (χ1) is 9.15. The molecule has 0 aromatic heterocycles. The number of carbonyl (C=O) groups is 1. The monoisotopic (exact) mass is 278 g/mol. The van der Waals surface area contributed by atoms with Gasteiger partial charge in [-0.25, -0.2) is 0 Å². The van der Waals surface area contributed by atoms with E-state index in [1.807, 2.05) is 13.0 Å². The van der Waals surface area contributed by atoms with Gasteiger partial charge in [0.15, 0.2) is 6.61 Å². The molecule has 0 fully saturated rings. The quantitative estimate of drug-likeness (QED) is 0.830. The number of hydrogen-bond donors (Lipinski definition) is 1. The molecule has 0 saturated carbocycles.